The predicted octanol–water partition coefficient (Wildman–Crippen LogP) is 1.11. The molecule has 1 amide bonds. The molecule has 0 aromatic rings. The van der Waals surface area contributed by atoms with E-state index in [9.17, 15) is 4.79 Å². The number of rotatable bonds is 3. The Morgan fingerprint density at radius 1 is 1.53 bits per heavy atom. The molecule has 1 atom stereocenters. The van der Waals surface area contributed by atoms with Crippen LogP contribution < -0.4 is 5.32 Å². The van der Waals surface area contributed by atoms with Crippen LogP contribution in [-0.4, -0.2) is 30.5 Å². The summed E-state index contributed by atoms with van der Waals surface area (Å²) < 4.78 is 5.49. The van der Waals surface area contributed by atoms with Gasteiger partial charge in [-0.05, 0) is 25.2 Å². The number of nitrogens with zero attached hydrogens (tertiary/aromatic N) is 1. The molecular formula is C11H18N2O2. The lowest BCUT2D eigenvalue weighted by molar-refractivity contribution is -0.121. The van der Waals surface area contributed by atoms with Gasteiger partial charge in [0.1, 0.15) is 17.5 Å². The van der Waals surface area contributed by atoms with E-state index in [1.807, 2.05) is 13.8 Å². The Morgan fingerprint density at radius 2 is 2.20 bits per heavy atom. The van der Waals surface area contributed by atoms with Gasteiger partial charge in [-0.25, -0.2) is 0 Å². The van der Waals surface area contributed by atoms with E-state index in [2.05, 4.69) is 10.3 Å². The Labute approximate surface area is 90.1 Å². The Balaban J connectivity index is 2.18. The van der Waals surface area contributed by atoms with Gasteiger partial charge in [0.25, 0.3) is 0 Å². The first-order chi connectivity index (χ1) is 7.09. The smallest absolute Gasteiger partial charge is 0.250 e. The Bertz CT molecular complexity index is 300. The topological polar surface area (TPSA) is 50.7 Å². The first-order valence-corrected chi connectivity index (χ1v) is 5.53. The number of amides is 1. The van der Waals surface area contributed by atoms with Crippen LogP contribution in [0.5, 0.6) is 0 Å². The zero-order chi connectivity index (χ0) is 11.1. The molecule has 0 saturated heterocycles. The molecule has 4 heteroatoms. The maximum Gasteiger partial charge on any atom is 0.250 e. The van der Waals surface area contributed by atoms with Crippen LogP contribution in [0.15, 0.2) is 4.99 Å². The van der Waals surface area contributed by atoms with Crippen LogP contribution in [0.2, 0.25) is 0 Å². The maximum atomic E-state index is 11.6. The van der Waals surface area contributed by atoms with Crippen LogP contribution in [0.25, 0.3) is 0 Å². The van der Waals surface area contributed by atoms with E-state index in [-0.39, 0.29) is 23.5 Å². The van der Waals surface area contributed by atoms with Crippen molar-refractivity contribution in [2.75, 3.05) is 7.11 Å². The van der Waals surface area contributed by atoms with Gasteiger partial charge in [0.15, 0.2) is 0 Å². The van der Waals surface area contributed by atoms with Crippen molar-refractivity contribution >= 4 is 11.7 Å². The Hall–Kier alpha value is -0.900. The molecule has 1 N–H and O–H groups in total. The number of carbonyl (C=O) groups is 1. The van der Waals surface area contributed by atoms with Crippen LogP contribution in [0, 0.1) is 5.92 Å². The molecule has 0 radical (unpaired) electrons. The van der Waals surface area contributed by atoms with Crippen molar-refractivity contribution in [1.82, 2.24) is 5.32 Å². The summed E-state index contributed by atoms with van der Waals surface area (Å²) in [4.78, 5) is 16.1. The molecule has 15 heavy (non-hydrogen) atoms. The van der Waals surface area contributed by atoms with Crippen molar-refractivity contribution in [2.24, 2.45) is 10.9 Å². The normalized spacial score (nSPS) is 28.7. The van der Waals surface area contributed by atoms with Crippen LogP contribution in [-0.2, 0) is 9.53 Å². The van der Waals surface area contributed by atoms with E-state index in [0.29, 0.717) is 0 Å². The van der Waals surface area contributed by atoms with Gasteiger partial charge in [-0.15, -0.1) is 0 Å². The summed E-state index contributed by atoms with van der Waals surface area (Å²) in [5.41, 5.74) is -0.292. The third kappa shape index (κ3) is 1.57. The third-order valence-corrected chi connectivity index (χ3v) is 3.39. The summed E-state index contributed by atoms with van der Waals surface area (Å²) in [5, 5.41) is 2.87. The lowest BCUT2D eigenvalue weighted by Crippen LogP contribution is -2.52. The number of hydrogen-bond donors (Lipinski definition) is 1. The number of aliphatic imine (C=N–C) groups is 1. The lowest BCUT2D eigenvalue weighted by Gasteiger charge is -2.39. The van der Waals surface area contributed by atoms with Crippen molar-refractivity contribution in [3.63, 3.8) is 0 Å². The zero-order valence-electron chi connectivity index (χ0n) is 9.54. The zero-order valence-corrected chi connectivity index (χ0v) is 9.54. The van der Waals surface area contributed by atoms with E-state index in [1.165, 1.54) is 0 Å². The second-order valence-electron chi connectivity index (χ2n) is 4.71. The number of hydrogen-bond acceptors (Lipinski definition) is 3. The molecule has 4 nitrogen and oxygen atoms in total. The number of amidine groups is 1. The van der Waals surface area contributed by atoms with Crippen LogP contribution >= 0.6 is 0 Å². The number of carbonyl (C=O) groups excluding carboxylic acids is 1. The minimum absolute atomic E-state index is 0.0170. The summed E-state index contributed by atoms with van der Waals surface area (Å²) in [6.07, 6.45) is 3.08. The highest BCUT2D eigenvalue weighted by molar-refractivity contribution is 6.09. The largest absolute Gasteiger partial charge is 0.370 e. The highest BCUT2D eigenvalue weighted by atomic mass is 16.5. The quantitative estimate of drug-likeness (QED) is 0.758. The maximum absolute atomic E-state index is 11.6. The summed E-state index contributed by atoms with van der Waals surface area (Å²) in [5.74, 6) is 1.01. The SMILES string of the molecule is COC1(C2=NC(C(C)C)C(=O)N2)CCC1. The van der Waals surface area contributed by atoms with Gasteiger partial charge in [0.2, 0.25) is 5.91 Å². The molecule has 1 fully saturated rings. The van der Waals surface area contributed by atoms with E-state index >= 15 is 0 Å². The van der Waals surface area contributed by atoms with Crippen molar-refractivity contribution in [3.8, 4) is 0 Å². The minimum Gasteiger partial charge on any atom is -0.370 e. The second kappa shape index (κ2) is 3.59. The molecule has 1 saturated carbocycles. The van der Waals surface area contributed by atoms with E-state index < -0.39 is 0 Å². The molecular weight excluding hydrogens is 192 g/mol. The second-order valence-corrected chi connectivity index (χ2v) is 4.71. The van der Waals surface area contributed by atoms with Gasteiger partial charge in [-0.2, -0.15) is 0 Å². The molecule has 84 valence electrons. The summed E-state index contributed by atoms with van der Waals surface area (Å²) in [7, 11) is 1.69. The highest BCUT2D eigenvalue weighted by Crippen LogP contribution is 2.37. The molecule has 0 bridgehead atoms. The molecule has 1 aliphatic heterocycles. The highest BCUT2D eigenvalue weighted by Gasteiger charge is 2.46. The number of nitrogens with one attached hydrogen (secondary N) is 1. The first kappa shape index (κ1) is 10.6. The van der Waals surface area contributed by atoms with Gasteiger partial charge in [0, 0.05) is 7.11 Å². The van der Waals surface area contributed by atoms with Crippen molar-refractivity contribution < 1.29 is 9.53 Å². The monoisotopic (exact) mass is 210 g/mol. The third-order valence-electron chi connectivity index (χ3n) is 3.39. The van der Waals surface area contributed by atoms with E-state index in [0.717, 1.165) is 25.1 Å². The van der Waals surface area contributed by atoms with Crippen molar-refractivity contribution in [1.29, 1.82) is 0 Å². The van der Waals surface area contributed by atoms with E-state index in [1.54, 1.807) is 7.11 Å². The molecule has 0 aromatic carbocycles. The molecule has 1 aliphatic carbocycles. The predicted molar refractivity (Wildman–Crippen MR) is 57.8 cm³/mol. The lowest BCUT2D eigenvalue weighted by atomic mass is 9.79. The molecule has 2 rings (SSSR count). The first-order valence-electron chi connectivity index (χ1n) is 5.53. The van der Waals surface area contributed by atoms with Gasteiger partial charge < -0.3 is 10.1 Å². The molecule has 1 unspecified atom stereocenters. The number of methoxy groups -OCH3 is 1. The standard InChI is InChI=1S/C11H18N2O2/c1-7(2)8-9(14)13-10(12-8)11(15-3)5-4-6-11/h7-8H,4-6H2,1-3H3,(H,12,13,14). The van der Waals surface area contributed by atoms with Crippen LogP contribution in [0.3, 0.4) is 0 Å². The molecule has 0 spiro atoms. The Morgan fingerprint density at radius 3 is 2.53 bits per heavy atom. The van der Waals surface area contributed by atoms with Gasteiger partial charge in [-0.1, -0.05) is 13.8 Å². The fraction of sp³-hybridized carbons (Fsp3) is 0.818. The van der Waals surface area contributed by atoms with Gasteiger partial charge >= 0.3 is 0 Å². The Kier molecular flexibility index (Phi) is 2.54. The summed E-state index contributed by atoms with van der Waals surface area (Å²) in [6, 6.07) is -0.229. The van der Waals surface area contributed by atoms with Crippen molar-refractivity contribution in [2.45, 2.75) is 44.8 Å². The van der Waals surface area contributed by atoms with Crippen LogP contribution in [0.1, 0.15) is 33.1 Å². The fourth-order valence-electron chi connectivity index (χ4n) is 2.14. The molecule has 1 heterocycles. The molecule has 0 aromatic heterocycles. The van der Waals surface area contributed by atoms with Crippen LogP contribution in [0.4, 0.5) is 0 Å². The van der Waals surface area contributed by atoms with Gasteiger partial charge in [0.05, 0.1) is 0 Å². The summed E-state index contributed by atoms with van der Waals surface area (Å²) in [6.45, 7) is 4.02. The van der Waals surface area contributed by atoms with Crippen molar-refractivity contribution in [3.05, 3.63) is 0 Å². The fourth-order valence-corrected chi connectivity index (χ4v) is 2.14. The molecule has 2 aliphatic rings. The van der Waals surface area contributed by atoms with Gasteiger partial charge in [-0.3, -0.25) is 9.79 Å². The van der Waals surface area contributed by atoms with E-state index in [4.69, 9.17) is 4.74 Å². The average Bonchev–Trinajstić information content (AvgIpc) is 2.47. The number of ether oxygens (including phenoxy) is 1. The minimum atomic E-state index is -0.292. The summed E-state index contributed by atoms with van der Waals surface area (Å²) >= 11 is 0. The average molecular weight is 210 g/mol.